The van der Waals surface area contributed by atoms with Crippen molar-refractivity contribution in [1.82, 2.24) is 5.32 Å². The van der Waals surface area contributed by atoms with Gasteiger partial charge >= 0.3 is 0 Å². The Hall–Kier alpha value is -0.120. The first kappa shape index (κ1) is 12.9. The summed E-state index contributed by atoms with van der Waals surface area (Å²) in [5.74, 6) is 0.962. The van der Waals surface area contributed by atoms with E-state index < -0.39 is 0 Å². The van der Waals surface area contributed by atoms with Gasteiger partial charge in [-0.3, -0.25) is 0 Å². The van der Waals surface area contributed by atoms with Crippen LogP contribution in [0, 0.1) is 5.92 Å². The maximum atomic E-state index is 5.40. The van der Waals surface area contributed by atoms with Gasteiger partial charge in [-0.25, -0.2) is 0 Å². The third-order valence-electron chi connectivity index (χ3n) is 2.93. The predicted molar refractivity (Wildman–Crippen MR) is 62.1 cm³/mol. The topological polar surface area (TPSA) is 30.5 Å². The van der Waals surface area contributed by atoms with Crippen molar-refractivity contribution < 1.29 is 9.47 Å². The molecule has 15 heavy (non-hydrogen) atoms. The molecule has 0 aromatic heterocycles. The van der Waals surface area contributed by atoms with E-state index >= 15 is 0 Å². The van der Waals surface area contributed by atoms with Crippen molar-refractivity contribution in [1.29, 1.82) is 0 Å². The number of methoxy groups -OCH3 is 1. The van der Waals surface area contributed by atoms with E-state index in [4.69, 9.17) is 9.47 Å². The van der Waals surface area contributed by atoms with Crippen LogP contribution < -0.4 is 5.32 Å². The second-order valence-electron chi connectivity index (χ2n) is 4.27. The molecular formula is C12H25NO2. The second kappa shape index (κ2) is 8.08. The molecule has 1 aliphatic carbocycles. The summed E-state index contributed by atoms with van der Waals surface area (Å²) in [5.41, 5.74) is 0. The molecule has 0 radical (unpaired) electrons. The number of nitrogens with one attached hydrogen (secondary N) is 1. The summed E-state index contributed by atoms with van der Waals surface area (Å²) in [6, 6.07) is 0.754. The molecule has 1 unspecified atom stereocenters. The molecule has 1 fully saturated rings. The van der Waals surface area contributed by atoms with Crippen molar-refractivity contribution in [2.24, 2.45) is 5.92 Å². The average Bonchev–Trinajstić information content (AvgIpc) is 3.06. The standard InChI is InChI=1S/C12H25NO2/c1-3-12(11-5-6-11)13-7-4-8-15-10-9-14-2/h11-13H,3-10H2,1-2H3. The lowest BCUT2D eigenvalue weighted by molar-refractivity contribution is 0.0691. The fourth-order valence-corrected chi connectivity index (χ4v) is 1.85. The molecule has 1 saturated carbocycles. The first-order chi connectivity index (χ1) is 7.38. The molecule has 90 valence electrons. The van der Waals surface area contributed by atoms with Crippen LogP contribution in [0.25, 0.3) is 0 Å². The van der Waals surface area contributed by atoms with Crippen molar-refractivity contribution in [2.75, 3.05) is 33.5 Å². The molecule has 1 aliphatic rings. The minimum absolute atomic E-state index is 0.701. The number of ether oxygens (including phenoxy) is 2. The first-order valence-corrected chi connectivity index (χ1v) is 6.18. The Morgan fingerprint density at radius 2 is 2.07 bits per heavy atom. The van der Waals surface area contributed by atoms with E-state index in [-0.39, 0.29) is 0 Å². The summed E-state index contributed by atoms with van der Waals surface area (Å²) in [6.07, 6.45) is 5.22. The molecule has 3 nitrogen and oxygen atoms in total. The quantitative estimate of drug-likeness (QED) is 0.564. The van der Waals surface area contributed by atoms with Gasteiger partial charge in [0, 0.05) is 19.8 Å². The molecule has 0 bridgehead atoms. The molecule has 0 heterocycles. The molecule has 1 N–H and O–H groups in total. The van der Waals surface area contributed by atoms with Crippen LogP contribution in [0.3, 0.4) is 0 Å². The van der Waals surface area contributed by atoms with Gasteiger partial charge in [-0.2, -0.15) is 0 Å². The van der Waals surface area contributed by atoms with Crippen molar-refractivity contribution in [2.45, 2.75) is 38.6 Å². The van der Waals surface area contributed by atoms with Crippen LogP contribution in [0.5, 0.6) is 0 Å². The van der Waals surface area contributed by atoms with E-state index in [2.05, 4.69) is 12.2 Å². The maximum absolute atomic E-state index is 5.40. The molecule has 1 atom stereocenters. The number of rotatable bonds is 10. The third-order valence-corrected chi connectivity index (χ3v) is 2.93. The van der Waals surface area contributed by atoms with Gasteiger partial charge in [-0.1, -0.05) is 6.92 Å². The van der Waals surface area contributed by atoms with Gasteiger partial charge in [0.2, 0.25) is 0 Å². The van der Waals surface area contributed by atoms with Gasteiger partial charge in [0.25, 0.3) is 0 Å². The predicted octanol–water partition coefficient (Wildman–Crippen LogP) is 1.82. The monoisotopic (exact) mass is 215 g/mol. The zero-order chi connectivity index (χ0) is 10.9. The lowest BCUT2D eigenvalue weighted by Gasteiger charge is -2.15. The Bertz CT molecular complexity index is 149. The van der Waals surface area contributed by atoms with Crippen LogP contribution in [0.2, 0.25) is 0 Å². The van der Waals surface area contributed by atoms with Gasteiger partial charge in [0.1, 0.15) is 0 Å². The summed E-state index contributed by atoms with van der Waals surface area (Å²) < 4.78 is 10.3. The summed E-state index contributed by atoms with van der Waals surface area (Å²) in [6.45, 7) is 5.62. The summed E-state index contributed by atoms with van der Waals surface area (Å²) in [5, 5.41) is 3.61. The van der Waals surface area contributed by atoms with E-state index in [0.717, 1.165) is 38.1 Å². The smallest absolute Gasteiger partial charge is 0.0700 e. The highest BCUT2D eigenvalue weighted by molar-refractivity contribution is 4.85. The van der Waals surface area contributed by atoms with Gasteiger partial charge in [-0.05, 0) is 38.1 Å². The fourth-order valence-electron chi connectivity index (χ4n) is 1.85. The lowest BCUT2D eigenvalue weighted by atomic mass is 10.1. The van der Waals surface area contributed by atoms with Crippen LogP contribution >= 0.6 is 0 Å². The van der Waals surface area contributed by atoms with E-state index in [1.807, 2.05) is 0 Å². The minimum atomic E-state index is 0.701. The molecule has 0 spiro atoms. The Morgan fingerprint density at radius 1 is 1.27 bits per heavy atom. The Morgan fingerprint density at radius 3 is 2.67 bits per heavy atom. The summed E-state index contributed by atoms with van der Waals surface area (Å²) >= 11 is 0. The molecule has 0 aromatic carbocycles. The molecule has 1 rings (SSSR count). The molecule has 0 saturated heterocycles. The zero-order valence-electron chi connectivity index (χ0n) is 10.1. The van der Waals surface area contributed by atoms with Crippen molar-refractivity contribution in [3.05, 3.63) is 0 Å². The van der Waals surface area contributed by atoms with Gasteiger partial charge in [-0.15, -0.1) is 0 Å². The van der Waals surface area contributed by atoms with Crippen LogP contribution in [0.1, 0.15) is 32.6 Å². The minimum Gasteiger partial charge on any atom is -0.382 e. The third kappa shape index (κ3) is 6.13. The van der Waals surface area contributed by atoms with Crippen LogP contribution in [0.15, 0.2) is 0 Å². The van der Waals surface area contributed by atoms with Crippen LogP contribution in [-0.4, -0.2) is 39.5 Å². The molecule has 0 aliphatic heterocycles. The highest BCUT2D eigenvalue weighted by Crippen LogP contribution is 2.33. The summed E-state index contributed by atoms with van der Waals surface area (Å²) in [4.78, 5) is 0. The average molecular weight is 215 g/mol. The highest BCUT2D eigenvalue weighted by Gasteiger charge is 2.28. The normalized spacial score (nSPS) is 18.0. The fraction of sp³-hybridized carbons (Fsp3) is 1.00. The molecule has 0 amide bonds. The Kier molecular flexibility index (Phi) is 6.98. The van der Waals surface area contributed by atoms with E-state index in [9.17, 15) is 0 Å². The molecule has 0 aromatic rings. The van der Waals surface area contributed by atoms with E-state index in [1.165, 1.54) is 19.3 Å². The van der Waals surface area contributed by atoms with Crippen molar-refractivity contribution >= 4 is 0 Å². The zero-order valence-corrected chi connectivity index (χ0v) is 10.1. The van der Waals surface area contributed by atoms with Gasteiger partial charge in [0.05, 0.1) is 13.2 Å². The second-order valence-corrected chi connectivity index (χ2v) is 4.27. The van der Waals surface area contributed by atoms with Crippen LogP contribution in [0.4, 0.5) is 0 Å². The number of hydrogen-bond acceptors (Lipinski definition) is 3. The van der Waals surface area contributed by atoms with Crippen molar-refractivity contribution in [3.8, 4) is 0 Å². The van der Waals surface area contributed by atoms with Crippen molar-refractivity contribution in [3.63, 3.8) is 0 Å². The van der Waals surface area contributed by atoms with Gasteiger partial charge < -0.3 is 14.8 Å². The lowest BCUT2D eigenvalue weighted by Crippen LogP contribution is -2.31. The largest absolute Gasteiger partial charge is 0.382 e. The van der Waals surface area contributed by atoms with E-state index in [1.54, 1.807) is 7.11 Å². The SMILES string of the molecule is CCC(NCCCOCCOC)C1CC1. The van der Waals surface area contributed by atoms with E-state index in [0.29, 0.717) is 6.61 Å². The van der Waals surface area contributed by atoms with Gasteiger partial charge in [0.15, 0.2) is 0 Å². The highest BCUT2D eigenvalue weighted by atomic mass is 16.5. The molecule has 3 heteroatoms. The Balaban J connectivity index is 1.83. The summed E-state index contributed by atoms with van der Waals surface area (Å²) in [7, 11) is 1.70. The molecular weight excluding hydrogens is 190 g/mol. The van der Waals surface area contributed by atoms with Crippen LogP contribution in [-0.2, 0) is 9.47 Å². The number of hydrogen-bond donors (Lipinski definition) is 1. The Labute approximate surface area is 93.5 Å². The maximum Gasteiger partial charge on any atom is 0.0700 e. The first-order valence-electron chi connectivity index (χ1n) is 6.18.